The minimum absolute atomic E-state index is 0.0203. The topological polar surface area (TPSA) is 63.4 Å². The summed E-state index contributed by atoms with van der Waals surface area (Å²) in [4.78, 5) is 25.7. The highest BCUT2D eigenvalue weighted by atomic mass is 19.1. The van der Waals surface area contributed by atoms with Crippen LogP contribution < -0.4 is 4.90 Å². The second kappa shape index (κ2) is 7.89. The van der Waals surface area contributed by atoms with Crippen molar-refractivity contribution >= 4 is 28.1 Å². The molecule has 0 fully saturated rings. The van der Waals surface area contributed by atoms with E-state index in [1.807, 2.05) is 36.4 Å². The van der Waals surface area contributed by atoms with Crippen LogP contribution in [-0.4, -0.2) is 10.8 Å². The third-order valence-corrected chi connectivity index (χ3v) is 6.03. The number of hydrogen-bond donors (Lipinski definition) is 0. The fraction of sp³-hybridized carbons (Fsp3) is 0.115. The van der Waals surface area contributed by atoms with E-state index in [-0.39, 0.29) is 29.8 Å². The van der Waals surface area contributed by atoms with E-state index in [4.69, 9.17) is 0 Å². The van der Waals surface area contributed by atoms with E-state index < -0.39 is 4.92 Å². The molecular formula is C26H19FN2O3. The fourth-order valence-electron chi connectivity index (χ4n) is 4.47. The van der Waals surface area contributed by atoms with Crippen LogP contribution in [0.2, 0.25) is 0 Å². The summed E-state index contributed by atoms with van der Waals surface area (Å²) in [5, 5.41) is 13.2. The van der Waals surface area contributed by atoms with Crippen LogP contribution in [0.15, 0.2) is 84.9 Å². The molecule has 0 saturated heterocycles. The van der Waals surface area contributed by atoms with Crippen molar-refractivity contribution < 1.29 is 14.1 Å². The first-order chi connectivity index (χ1) is 15.5. The molecule has 6 heteroatoms. The van der Waals surface area contributed by atoms with Gasteiger partial charge in [0.25, 0.3) is 5.69 Å². The molecule has 1 atom stereocenters. The van der Waals surface area contributed by atoms with Gasteiger partial charge >= 0.3 is 0 Å². The lowest BCUT2D eigenvalue weighted by Crippen LogP contribution is -2.36. The minimum Gasteiger partial charge on any atom is -0.308 e. The largest absolute Gasteiger partial charge is 0.308 e. The Hall–Kier alpha value is -4.06. The first kappa shape index (κ1) is 19.9. The van der Waals surface area contributed by atoms with Gasteiger partial charge in [0, 0.05) is 30.2 Å². The van der Waals surface area contributed by atoms with Gasteiger partial charge in [-0.1, -0.05) is 54.6 Å². The van der Waals surface area contributed by atoms with Crippen molar-refractivity contribution in [3.05, 3.63) is 118 Å². The van der Waals surface area contributed by atoms with Crippen molar-refractivity contribution in [1.82, 2.24) is 0 Å². The predicted octanol–water partition coefficient (Wildman–Crippen LogP) is 5.96. The predicted molar refractivity (Wildman–Crippen MR) is 121 cm³/mol. The van der Waals surface area contributed by atoms with Crippen LogP contribution in [0.3, 0.4) is 0 Å². The van der Waals surface area contributed by atoms with Crippen molar-refractivity contribution in [2.45, 2.75) is 18.9 Å². The van der Waals surface area contributed by atoms with Crippen LogP contribution in [0.25, 0.3) is 10.8 Å². The Morgan fingerprint density at radius 3 is 2.38 bits per heavy atom. The second-order valence-electron chi connectivity index (χ2n) is 7.93. The number of carbonyl (C=O) groups is 1. The highest BCUT2D eigenvalue weighted by Crippen LogP contribution is 2.44. The van der Waals surface area contributed by atoms with Gasteiger partial charge in [-0.25, -0.2) is 4.39 Å². The number of nitrogens with zero attached hydrogens (tertiary/aromatic N) is 2. The smallest absolute Gasteiger partial charge is 0.269 e. The molecule has 1 heterocycles. The molecule has 0 spiro atoms. The third kappa shape index (κ3) is 3.50. The van der Waals surface area contributed by atoms with Crippen LogP contribution in [-0.2, 0) is 11.3 Å². The Balaban J connectivity index is 1.64. The zero-order chi connectivity index (χ0) is 22.2. The van der Waals surface area contributed by atoms with E-state index in [1.165, 1.54) is 24.3 Å². The van der Waals surface area contributed by atoms with E-state index in [0.717, 1.165) is 33.2 Å². The first-order valence-electron chi connectivity index (χ1n) is 10.3. The van der Waals surface area contributed by atoms with Crippen molar-refractivity contribution in [1.29, 1.82) is 0 Å². The van der Waals surface area contributed by atoms with Crippen molar-refractivity contribution in [3.8, 4) is 0 Å². The van der Waals surface area contributed by atoms with E-state index in [2.05, 4.69) is 0 Å². The number of carbonyl (C=O) groups excluding carboxylic acids is 1. The Morgan fingerprint density at radius 2 is 1.66 bits per heavy atom. The highest BCUT2D eigenvalue weighted by molar-refractivity contribution is 6.03. The van der Waals surface area contributed by atoms with Gasteiger partial charge in [0.15, 0.2) is 0 Å². The van der Waals surface area contributed by atoms with Crippen LogP contribution in [0.5, 0.6) is 0 Å². The fourth-order valence-corrected chi connectivity index (χ4v) is 4.47. The average Bonchev–Trinajstić information content (AvgIpc) is 2.81. The van der Waals surface area contributed by atoms with Gasteiger partial charge in [0.1, 0.15) is 5.82 Å². The van der Waals surface area contributed by atoms with Crippen LogP contribution in [0, 0.1) is 15.9 Å². The number of non-ortho nitro benzene ring substituents is 1. The molecule has 1 aliphatic rings. The van der Waals surface area contributed by atoms with Crippen LogP contribution in [0.4, 0.5) is 15.8 Å². The number of rotatable bonds is 4. The molecule has 5 nitrogen and oxygen atoms in total. The molecule has 1 amide bonds. The Kier molecular flexibility index (Phi) is 4.90. The second-order valence-corrected chi connectivity index (χ2v) is 7.93. The number of nitro benzene ring substituents is 1. The van der Waals surface area contributed by atoms with Crippen LogP contribution in [0.1, 0.15) is 29.0 Å². The Morgan fingerprint density at radius 1 is 0.938 bits per heavy atom. The summed E-state index contributed by atoms with van der Waals surface area (Å²) in [6, 6.07) is 24.6. The van der Waals surface area contributed by atoms with Gasteiger partial charge in [-0.15, -0.1) is 0 Å². The Labute approximate surface area is 183 Å². The third-order valence-electron chi connectivity index (χ3n) is 6.03. The standard InChI is InChI=1S/C26H19FN2O3/c27-20-10-5-17(6-11-20)16-28-24-14-9-18-3-1-2-4-22(18)26(24)23(15-25(28)30)19-7-12-21(13-8-19)29(31)32/h1-14,23H,15-16H2. The summed E-state index contributed by atoms with van der Waals surface area (Å²) >= 11 is 0. The Bertz CT molecular complexity index is 1330. The summed E-state index contributed by atoms with van der Waals surface area (Å²) < 4.78 is 13.4. The lowest BCUT2D eigenvalue weighted by Gasteiger charge is -2.35. The minimum atomic E-state index is -0.427. The summed E-state index contributed by atoms with van der Waals surface area (Å²) in [5.74, 6) is -0.572. The highest BCUT2D eigenvalue weighted by Gasteiger charge is 2.33. The maximum Gasteiger partial charge on any atom is 0.269 e. The van der Waals surface area contributed by atoms with Crippen molar-refractivity contribution in [3.63, 3.8) is 0 Å². The van der Waals surface area contributed by atoms with Crippen LogP contribution >= 0.6 is 0 Å². The normalized spacial score (nSPS) is 15.6. The first-order valence-corrected chi connectivity index (χ1v) is 10.3. The molecule has 0 aliphatic carbocycles. The number of hydrogen-bond acceptors (Lipinski definition) is 3. The lowest BCUT2D eigenvalue weighted by atomic mass is 9.81. The number of anilines is 1. The summed E-state index contributed by atoms with van der Waals surface area (Å²) in [6.45, 7) is 0.345. The van der Waals surface area contributed by atoms with E-state index in [9.17, 15) is 19.3 Å². The number of benzene rings is 4. The van der Waals surface area contributed by atoms with Gasteiger partial charge in [0.2, 0.25) is 5.91 Å². The number of amides is 1. The maximum atomic E-state index is 13.4. The van der Waals surface area contributed by atoms with E-state index >= 15 is 0 Å². The molecule has 32 heavy (non-hydrogen) atoms. The van der Waals surface area contributed by atoms with E-state index in [1.54, 1.807) is 29.2 Å². The van der Waals surface area contributed by atoms with Crippen molar-refractivity contribution in [2.75, 3.05) is 4.90 Å². The number of fused-ring (bicyclic) bond motifs is 3. The summed E-state index contributed by atoms with van der Waals surface area (Å²) in [7, 11) is 0. The average molecular weight is 426 g/mol. The quantitative estimate of drug-likeness (QED) is 0.299. The maximum absolute atomic E-state index is 13.4. The SMILES string of the molecule is O=C1CC(c2ccc([N+](=O)[O-])cc2)c2c(ccc3ccccc23)N1Cc1ccc(F)cc1. The molecule has 158 valence electrons. The molecule has 0 radical (unpaired) electrons. The molecular weight excluding hydrogens is 407 g/mol. The molecule has 0 aromatic heterocycles. The van der Waals surface area contributed by atoms with E-state index in [0.29, 0.717) is 6.54 Å². The molecule has 0 N–H and O–H groups in total. The van der Waals surface area contributed by atoms with Gasteiger partial charge < -0.3 is 4.90 Å². The van der Waals surface area contributed by atoms with Gasteiger partial charge in [-0.05, 0) is 45.7 Å². The molecule has 0 saturated carbocycles. The number of halogens is 1. The monoisotopic (exact) mass is 426 g/mol. The summed E-state index contributed by atoms with van der Waals surface area (Å²) in [5.41, 5.74) is 3.56. The molecule has 5 rings (SSSR count). The van der Waals surface area contributed by atoms with Gasteiger partial charge in [0.05, 0.1) is 11.5 Å². The zero-order valence-corrected chi connectivity index (χ0v) is 17.1. The molecule has 1 unspecified atom stereocenters. The lowest BCUT2D eigenvalue weighted by molar-refractivity contribution is -0.384. The van der Waals surface area contributed by atoms with Crippen molar-refractivity contribution in [2.24, 2.45) is 0 Å². The zero-order valence-electron chi connectivity index (χ0n) is 17.1. The number of nitro groups is 1. The summed E-state index contributed by atoms with van der Waals surface area (Å²) in [6.07, 6.45) is 0.250. The molecule has 4 aromatic rings. The molecule has 0 bridgehead atoms. The van der Waals surface area contributed by atoms with Gasteiger partial charge in [-0.2, -0.15) is 0 Å². The molecule has 1 aliphatic heterocycles. The molecule has 4 aromatic carbocycles. The van der Waals surface area contributed by atoms with Gasteiger partial charge in [-0.3, -0.25) is 14.9 Å².